The van der Waals surface area contributed by atoms with E-state index in [4.69, 9.17) is 0 Å². The molecular weight excluding hydrogens is 242 g/mol. The van der Waals surface area contributed by atoms with Crippen molar-refractivity contribution in [2.45, 2.75) is 37.1 Å². The molecule has 100 valence electrons. The maximum absolute atomic E-state index is 12.0. The molecule has 0 saturated heterocycles. The lowest BCUT2D eigenvalue weighted by molar-refractivity contribution is -0.144. The van der Waals surface area contributed by atoms with E-state index in [0.717, 1.165) is 24.8 Å². The van der Waals surface area contributed by atoms with Crippen molar-refractivity contribution in [1.29, 1.82) is 0 Å². The summed E-state index contributed by atoms with van der Waals surface area (Å²) in [7, 11) is 0. The zero-order chi connectivity index (χ0) is 13.5. The number of hydrogen-bond donors (Lipinski definition) is 2. The molecule has 0 aromatic heterocycles. The fourth-order valence-corrected chi connectivity index (χ4v) is 2.77. The Morgan fingerprint density at radius 2 is 1.89 bits per heavy atom. The molecule has 2 aliphatic carbocycles. The summed E-state index contributed by atoms with van der Waals surface area (Å²) in [4.78, 5) is 23.5. The highest BCUT2D eigenvalue weighted by Crippen LogP contribution is 2.52. The standard InChI is InChI=1S/C15H17NO3/c17-13(11-7-4-8-11)16-15(14(18)19)9-12(15)10-5-2-1-3-6-10/h1-3,5-6,11-12H,4,7-9H2,(H,16,17)(H,18,19). The van der Waals surface area contributed by atoms with E-state index in [1.54, 1.807) is 0 Å². The van der Waals surface area contributed by atoms with Crippen molar-refractivity contribution in [2.75, 3.05) is 0 Å². The average Bonchev–Trinajstić information content (AvgIpc) is 3.03. The number of carboxylic acid groups (broad SMARTS) is 1. The van der Waals surface area contributed by atoms with Crippen molar-refractivity contribution in [2.24, 2.45) is 5.92 Å². The van der Waals surface area contributed by atoms with E-state index in [-0.39, 0.29) is 17.7 Å². The van der Waals surface area contributed by atoms with Gasteiger partial charge in [0.2, 0.25) is 5.91 Å². The molecular formula is C15H17NO3. The van der Waals surface area contributed by atoms with Gasteiger partial charge in [-0.05, 0) is 24.8 Å². The SMILES string of the molecule is O=C(NC1(C(=O)O)CC1c1ccccc1)C1CCC1. The highest BCUT2D eigenvalue weighted by molar-refractivity contribution is 5.92. The minimum absolute atomic E-state index is 0.0215. The van der Waals surface area contributed by atoms with Gasteiger partial charge in [0.15, 0.2) is 0 Å². The predicted octanol–water partition coefficient (Wildman–Crippen LogP) is 1.91. The number of carboxylic acids is 1. The molecule has 1 aromatic rings. The van der Waals surface area contributed by atoms with Crippen LogP contribution in [0.5, 0.6) is 0 Å². The number of nitrogens with one attached hydrogen (secondary N) is 1. The molecule has 2 fully saturated rings. The molecule has 2 aliphatic rings. The fraction of sp³-hybridized carbons (Fsp3) is 0.467. The molecule has 3 rings (SSSR count). The monoisotopic (exact) mass is 259 g/mol. The highest BCUT2D eigenvalue weighted by atomic mass is 16.4. The summed E-state index contributed by atoms with van der Waals surface area (Å²) >= 11 is 0. The molecule has 0 spiro atoms. The van der Waals surface area contributed by atoms with Crippen LogP contribution < -0.4 is 5.32 Å². The highest BCUT2D eigenvalue weighted by Gasteiger charge is 2.62. The van der Waals surface area contributed by atoms with E-state index in [1.165, 1.54) is 0 Å². The van der Waals surface area contributed by atoms with Crippen LogP contribution in [-0.2, 0) is 9.59 Å². The Kier molecular flexibility index (Phi) is 2.81. The van der Waals surface area contributed by atoms with Crippen molar-refractivity contribution in [3.05, 3.63) is 35.9 Å². The Labute approximate surface area is 111 Å². The number of amides is 1. The van der Waals surface area contributed by atoms with Gasteiger partial charge in [0.05, 0.1) is 0 Å². The molecule has 1 amide bonds. The number of aliphatic carboxylic acids is 1. The van der Waals surface area contributed by atoms with E-state index < -0.39 is 11.5 Å². The van der Waals surface area contributed by atoms with Crippen molar-refractivity contribution in [1.82, 2.24) is 5.32 Å². The third kappa shape index (κ3) is 2.01. The summed E-state index contributed by atoms with van der Waals surface area (Å²) in [5.41, 5.74) is -0.0904. The van der Waals surface area contributed by atoms with Crippen molar-refractivity contribution in [3.63, 3.8) is 0 Å². The number of carbonyl (C=O) groups is 2. The normalized spacial score (nSPS) is 29.4. The van der Waals surface area contributed by atoms with Gasteiger partial charge in [0.25, 0.3) is 0 Å². The van der Waals surface area contributed by atoms with Gasteiger partial charge >= 0.3 is 5.97 Å². The number of carbonyl (C=O) groups excluding carboxylic acids is 1. The second-order valence-electron chi connectivity index (χ2n) is 5.56. The lowest BCUT2D eigenvalue weighted by Crippen LogP contribution is -2.48. The molecule has 1 aromatic carbocycles. The maximum atomic E-state index is 12.0. The van der Waals surface area contributed by atoms with Crippen molar-refractivity contribution >= 4 is 11.9 Å². The van der Waals surface area contributed by atoms with Crippen LogP contribution in [0.1, 0.15) is 37.2 Å². The summed E-state index contributed by atoms with van der Waals surface area (Å²) in [5.74, 6) is -1.09. The molecule has 0 aliphatic heterocycles. The second-order valence-corrected chi connectivity index (χ2v) is 5.56. The van der Waals surface area contributed by atoms with E-state index >= 15 is 0 Å². The molecule has 0 bridgehead atoms. The molecule has 2 unspecified atom stereocenters. The number of hydrogen-bond acceptors (Lipinski definition) is 2. The number of benzene rings is 1. The summed E-state index contributed by atoms with van der Waals surface area (Å²) in [5, 5.41) is 12.2. The lowest BCUT2D eigenvalue weighted by Gasteiger charge is -2.26. The van der Waals surface area contributed by atoms with Gasteiger partial charge in [0, 0.05) is 11.8 Å². The topological polar surface area (TPSA) is 66.4 Å². The minimum Gasteiger partial charge on any atom is -0.479 e. The van der Waals surface area contributed by atoms with Crippen LogP contribution >= 0.6 is 0 Å². The van der Waals surface area contributed by atoms with Crippen LogP contribution in [-0.4, -0.2) is 22.5 Å². The fourth-order valence-electron chi connectivity index (χ4n) is 2.77. The first-order valence-electron chi connectivity index (χ1n) is 6.74. The summed E-state index contributed by atoms with van der Waals surface area (Å²) in [6, 6.07) is 9.54. The Morgan fingerprint density at radius 1 is 1.21 bits per heavy atom. The Morgan fingerprint density at radius 3 is 2.42 bits per heavy atom. The van der Waals surface area contributed by atoms with Crippen molar-refractivity contribution in [3.8, 4) is 0 Å². The zero-order valence-electron chi connectivity index (χ0n) is 10.6. The molecule has 2 atom stereocenters. The lowest BCUT2D eigenvalue weighted by atomic mass is 9.84. The first-order valence-corrected chi connectivity index (χ1v) is 6.74. The van der Waals surface area contributed by atoms with Crippen LogP contribution in [0.4, 0.5) is 0 Å². The smallest absolute Gasteiger partial charge is 0.330 e. The molecule has 0 radical (unpaired) electrons. The van der Waals surface area contributed by atoms with Crippen molar-refractivity contribution < 1.29 is 14.7 Å². The summed E-state index contributed by atoms with van der Waals surface area (Å²) in [6.45, 7) is 0. The van der Waals surface area contributed by atoms with E-state index in [2.05, 4.69) is 5.32 Å². The van der Waals surface area contributed by atoms with Gasteiger partial charge in [-0.3, -0.25) is 4.79 Å². The third-order valence-corrected chi connectivity index (χ3v) is 4.37. The molecule has 19 heavy (non-hydrogen) atoms. The molecule has 0 heterocycles. The van der Waals surface area contributed by atoms with Crippen LogP contribution in [0.15, 0.2) is 30.3 Å². The van der Waals surface area contributed by atoms with Gasteiger partial charge in [-0.2, -0.15) is 0 Å². The Balaban J connectivity index is 1.75. The average molecular weight is 259 g/mol. The second kappa shape index (κ2) is 4.37. The largest absolute Gasteiger partial charge is 0.479 e. The van der Waals surface area contributed by atoms with Gasteiger partial charge in [-0.25, -0.2) is 4.79 Å². The molecule has 4 heteroatoms. The zero-order valence-corrected chi connectivity index (χ0v) is 10.6. The van der Waals surface area contributed by atoms with E-state index in [9.17, 15) is 14.7 Å². The maximum Gasteiger partial charge on any atom is 0.330 e. The van der Waals surface area contributed by atoms with E-state index in [1.807, 2.05) is 30.3 Å². The molecule has 2 saturated carbocycles. The number of rotatable bonds is 4. The van der Waals surface area contributed by atoms with Crippen LogP contribution in [0.2, 0.25) is 0 Å². The first-order chi connectivity index (χ1) is 9.13. The predicted molar refractivity (Wildman–Crippen MR) is 69.7 cm³/mol. The van der Waals surface area contributed by atoms with Gasteiger partial charge in [-0.15, -0.1) is 0 Å². The summed E-state index contributed by atoms with van der Waals surface area (Å²) in [6.07, 6.45) is 3.33. The van der Waals surface area contributed by atoms with E-state index in [0.29, 0.717) is 6.42 Å². The quantitative estimate of drug-likeness (QED) is 0.868. The van der Waals surface area contributed by atoms with Crippen LogP contribution in [0, 0.1) is 5.92 Å². The minimum atomic E-state index is -1.08. The van der Waals surface area contributed by atoms with Gasteiger partial charge in [0.1, 0.15) is 5.54 Å². The summed E-state index contributed by atoms with van der Waals surface area (Å²) < 4.78 is 0. The van der Waals surface area contributed by atoms with Gasteiger partial charge < -0.3 is 10.4 Å². The van der Waals surface area contributed by atoms with Gasteiger partial charge in [-0.1, -0.05) is 36.8 Å². The Hall–Kier alpha value is -1.84. The van der Waals surface area contributed by atoms with Crippen LogP contribution in [0.25, 0.3) is 0 Å². The van der Waals surface area contributed by atoms with Crippen LogP contribution in [0.3, 0.4) is 0 Å². The third-order valence-electron chi connectivity index (χ3n) is 4.37. The Bertz CT molecular complexity index is 509. The molecule has 2 N–H and O–H groups in total. The molecule has 4 nitrogen and oxygen atoms in total. The first kappa shape index (κ1) is 12.2.